The molecule has 4 aromatic rings. The van der Waals surface area contributed by atoms with Gasteiger partial charge in [0.25, 0.3) is 0 Å². The minimum atomic E-state index is 0.530. The van der Waals surface area contributed by atoms with Crippen LogP contribution >= 0.6 is 0 Å². The van der Waals surface area contributed by atoms with Crippen molar-refractivity contribution in [1.82, 2.24) is 19.9 Å². The molecule has 7 heteroatoms. The van der Waals surface area contributed by atoms with Crippen LogP contribution in [0.15, 0.2) is 67.0 Å². The van der Waals surface area contributed by atoms with Crippen LogP contribution in [0.5, 0.6) is 5.75 Å². The molecule has 2 heterocycles. The van der Waals surface area contributed by atoms with Crippen molar-refractivity contribution in [1.29, 1.82) is 0 Å². The average molecular weight is 386 g/mol. The van der Waals surface area contributed by atoms with Gasteiger partial charge in [-0.25, -0.2) is 9.97 Å². The second kappa shape index (κ2) is 8.97. The van der Waals surface area contributed by atoms with E-state index in [4.69, 9.17) is 4.74 Å². The molecule has 0 spiro atoms. The van der Waals surface area contributed by atoms with Gasteiger partial charge in [0.1, 0.15) is 5.75 Å². The summed E-state index contributed by atoms with van der Waals surface area (Å²) in [5.41, 5.74) is 3.37. The Hall–Kier alpha value is -3.74. The molecule has 0 aliphatic heterocycles. The highest BCUT2D eigenvalue weighted by molar-refractivity contribution is 5.85. The van der Waals surface area contributed by atoms with E-state index in [2.05, 4.69) is 54.8 Å². The van der Waals surface area contributed by atoms with E-state index in [9.17, 15) is 0 Å². The van der Waals surface area contributed by atoms with Crippen molar-refractivity contribution in [3.05, 3.63) is 72.6 Å². The Morgan fingerprint density at radius 1 is 0.897 bits per heavy atom. The first-order valence-electron chi connectivity index (χ1n) is 9.49. The van der Waals surface area contributed by atoms with Crippen molar-refractivity contribution in [3.63, 3.8) is 0 Å². The van der Waals surface area contributed by atoms with Crippen LogP contribution in [0.25, 0.3) is 11.2 Å². The Bertz CT molecular complexity index is 1070. The second-order valence-electron chi connectivity index (χ2n) is 6.49. The third-order valence-electron chi connectivity index (χ3n) is 4.45. The van der Waals surface area contributed by atoms with E-state index in [0.29, 0.717) is 22.9 Å². The van der Waals surface area contributed by atoms with Crippen LogP contribution in [0.4, 0.5) is 17.5 Å². The molecule has 0 atom stereocenters. The van der Waals surface area contributed by atoms with Gasteiger partial charge in [0.05, 0.1) is 7.11 Å². The molecule has 146 valence electrons. The summed E-state index contributed by atoms with van der Waals surface area (Å²) in [5, 5.41) is 6.61. The lowest BCUT2D eigenvalue weighted by Crippen LogP contribution is -2.09. The number of methoxy groups -OCH3 is 1. The number of benzene rings is 2. The zero-order valence-electron chi connectivity index (χ0n) is 16.2. The molecule has 0 radical (unpaired) electrons. The molecule has 0 amide bonds. The van der Waals surface area contributed by atoms with Crippen LogP contribution in [-0.2, 0) is 6.42 Å². The number of nitrogens with zero attached hydrogens (tertiary/aromatic N) is 4. The molecule has 7 nitrogen and oxygen atoms in total. The van der Waals surface area contributed by atoms with E-state index in [1.165, 1.54) is 5.56 Å². The van der Waals surface area contributed by atoms with E-state index in [0.717, 1.165) is 30.8 Å². The molecule has 0 unspecified atom stereocenters. The van der Waals surface area contributed by atoms with Gasteiger partial charge in [-0.05, 0) is 42.7 Å². The molecule has 0 fully saturated rings. The normalized spacial score (nSPS) is 10.7. The molecule has 0 aliphatic carbocycles. The minimum absolute atomic E-state index is 0.530. The van der Waals surface area contributed by atoms with Gasteiger partial charge in [0.2, 0.25) is 5.95 Å². The highest BCUT2D eigenvalue weighted by Crippen LogP contribution is 2.24. The highest BCUT2D eigenvalue weighted by Gasteiger charge is 2.10. The van der Waals surface area contributed by atoms with Crippen LogP contribution in [0, 0.1) is 0 Å². The second-order valence-corrected chi connectivity index (χ2v) is 6.49. The quantitative estimate of drug-likeness (QED) is 0.439. The predicted molar refractivity (Wildman–Crippen MR) is 115 cm³/mol. The molecule has 0 saturated carbocycles. The highest BCUT2D eigenvalue weighted by atomic mass is 16.5. The monoisotopic (exact) mass is 386 g/mol. The standard InChI is InChI=1S/C22H22N6O/c1-29-18-11-9-17(10-12-18)26-21-19-20(24-15-14-23-19)27-22(28-21)25-13-5-8-16-6-3-2-4-7-16/h2-4,6-7,9-12,14-15H,5,8,13H2,1H3,(H2,24,25,26,27,28). The topological polar surface area (TPSA) is 84.9 Å². The molecule has 2 aromatic carbocycles. The van der Waals surface area contributed by atoms with E-state index >= 15 is 0 Å². The molecule has 0 bridgehead atoms. The molecule has 2 aromatic heterocycles. The summed E-state index contributed by atoms with van der Waals surface area (Å²) in [5.74, 6) is 1.93. The Balaban J connectivity index is 1.49. The largest absolute Gasteiger partial charge is 0.497 e. The van der Waals surface area contributed by atoms with Crippen LogP contribution in [0.2, 0.25) is 0 Å². The Kier molecular flexibility index (Phi) is 5.76. The summed E-state index contributed by atoms with van der Waals surface area (Å²) in [6.07, 6.45) is 5.24. The molecular weight excluding hydrogens is 364 g/mol. The summed E-state index contributed by atoms with van der Waals surface area (Å²) in [6.45, 7) is 0.767. The number of fused-ring (bicyclic) bond motifs is 1. The molecule has 0 saturated heterocycles. The van der Waals surface area contributed by atoms with Gasteiger partial charge in [0.15, 0.2) is 17.0 Å². The van der Waals surface area contributed by atoms with E-state index in [1.54, 1.807) is 19.5 Å². The number of aromatic nitrogens is 4. The first-order valence-corrected chi connectivity index (χ1v) is 9.49. The SMILES string of the molecule is COc1ccc(Nc2nc(NCCCc3ccccc3)nc3nccnc23)cc1. The first kappa shape index (κ1) is 18.6. The van der Waals surface area contributed by atoms with Gasteiger partial charge in [-0.2, -0.15) is 9.97 Å². The fourth-order valence-electron chi connectivity index (χ4n) is 2.98. The Labute approximate surface area is 169 Å². The first-order chi connectivity index (χ1) is 14.3. The Morgan fingerprint density at radius 2 is 1.69 bits per heavy atom. The molecule has 29 heavy (non-hydrogen) atoms. The van der Waals surface area contributed by atoms with E-state index in [-0.39, 0.29) is 0 Å². The summed E-state index contributed by atoms with van der Waals surface area (Å²) in [4.78, 5) is 17.8. The lowest BCUT2D eigenvalue weighted by Gasteiger charge is -2.11. The lowest BCUT2D eigenvalue weighted by molar-refractivity contribution is 0.415. The number of ether oxygens (including phenoxy) is 1. The van der Waals surface area contributed by atoms with Crippen molar-refractivity contribution >= 4 is 28.6 Å². The minimum Gasteiger partial charge on any atom is -0.497 e. The van der Waals surface area contributed by atoms with Crippen LogP contribution in [0.1, 0.15) is 12.0 Å². The van der Waals surface area contributed by atoms with E-state index in [1.807, 2.05) is 30.3 Å². The van der Waals surface area contributed by atoms with Gasteiger partial charge in [-0.15, -0.1) is 0 Å². The molecule has 2 N–H and O–H groups in total. The predicted octanol–water partition coefficient (Wildman–Crippen LogP) is 4.22. The van der Waals surface area contributed by atoms with Crippen LogP contribution < -0.4 is 15.4 Å². The zero-order chi connectivity index (χ0) is 19.9. The maximum atomic E-state index is 5.21. The smallest absolute Gasteiger partial charge is 0.226 e. The van der Waals surface area contributed by atoms with Crippen LogP contribution in [-0.4, -0.2) is 33.6 Å². The maximum absolute atomic E-state index is 5.21. The van der Waals surface area contributed by atoms with Crippen molar-refractivity contribution < 1.29 is 4.74 Å². The number of aryl methyl sites for hydroxylation is 1. The van der Waals surface area contributed by atoms with Crippen LogP contribution in [0.3, 0.4) is 0 Å². The van der Waals surface area contributed by atoms with Crippen molar-refractivity contribution in [2.45, 2.75) is 12.8 Å². The number of rotatable bonds is 8. The van der Waals surface area contributed by atoms with Crippen molar-refractivity contribution in [2.75, 3.05) is 24.3 Å². The number of hydrogen-bond acceptors (Lipinski definition) is 7. The van der Waals surface area contributed by atoms with Gasteiger partial charge < -0.3 is 15.4 Å². The van der Waals surface area contributed by atoms with Gasteiger partial charge in [0, 0.05) is 24.6 Å². The number of nitrogens with one attached hydrogen (secondary N) is 2. The average Bonchev–Trinajstić information content (AvgIpc) is 2.78. The maximum Gasteiger partial charge on any atom is 0.226 e. The number of hydrogen-bond donors (Lipinski definition) is 2. The summed E-state index contributed by atoms with van der Waals surface area (Å²) < 4.78 is 5.21. The fourth-order valence-corrected chi connectivity index (χ4v) is 2.98. The van der Waals surface area contributed by atoms with E-state index < -0.39 is 0 Å². The van der Waals surface area contributed by atoms with Gasteiger partial charge in [-0.3, -0.25) is 0 Å². The molecular formula is C22H22N6O. The number of anilines is 3. The van der Waals surface area contributed by atoms with Gasteiger partial charge >= 0.3 is 0 Å². The molecule has 4 rings (SSSR count). The summed E-state index contributed by atoms with van der Waals surface area (Å²) in [7, 11) is 1.64. The third kappa shape index (κ3) is 4.76. The summed E-state index contributed by atoms with van der Waals surface area (Å²) in [6, 6.07) is 18.1. The Morgan fingerprint density at radius 3 is 2.48 bits per heavy atom. The lowest BCUT2D eigenvalue weighted by atomic mass is 10.1. The summed E-state index contributed by atoms with van der Waals surface area (Å²) >= 11 is 0. The fraction of sp³-hybridized carbons (Fsp3) is 0.182. The van der Waals surface area contributed by atoms with Crippen molar-refractivity contribution in [3.8, 4) is 5.75 Å². The van der Waals surface area contributed by atoms with Crippen molar-refractivity contribution in [2.24, 2.45) is 0 Å². The molecule has 0 aliphatic rings. The van der Waals surface area contributed by atoms with Gasteiger partial charge in [-0.1, -0.05) is 30.3 Å². The zero-order valence-corrected chi connectivity index (χ0v) is 16.2. The third-order valence-corrected chi connectivity index (χ3v) is 4.45.